The van der Waals surface area contributed by atoms with Crippen LogP contribution in [0.5, 0.6) is 5.75 Å². The molecule has 1 aromatic carbocycles. The zero-order chi connectivity index (χ0) is 19.2. The van der Waals surface area contributed by atoms with Gasteiger partial charge in [-0.05, 0) is 37.8 Å². The molecule has 1 aliphatic rings. The van der Waals surface area contributed by atoms with E-state index < -0.39 is 0 Å². The standard InChI is InChI=1S/C20H28N4O3/c1-14(2)12-21-20(25)24-10-8-16(9-11-24)19-22-18(27-23-19)13-26-17-6-4-15(3)5-7-17/h4-7,14,16H,8-13H2,1-3H3,(H,21,25). The van der Waals surface area contributed by atoms with Crippen LogP contribution in [0.25, 0.3) is 0 Å². The summed E-state index contributed by atoms with van der Waals surface area (Å²) < 4.78 is 11.0. The van der Waals surface area contributed by atoms with Crippen LogP contribution in [-0.4, -0.2) is 40.7 Å². The molecule has 7 nitrogen and oxygen atoms in total. The van der Waals surface area contributed by atoms with Crippen LogP contribution in [0, 0.1) is 12.8 Å². The molecule has 0 spiro atoms. The van der Waals surface area contributed by atoms with Crippen molar-refractivity contribution in [3.63, 3.8) is 0 Å². The molecule has 0 radical (unpaired) electrons. The van der Waals surface area contributed by atoms with Crippen molar-refractivity contribution in [2.75, 3.05) is 19.6 Å². The zero-order valence-corrected chi connectivity index (χ0v) is 16.3. The summed E-state index contributed by atoms with van der Waals surface area (Å²) in [5, 5.41) is 7.08. The molecular formula is C20H28N4O3. The van der Waals surface area contributed by atoms with E-state index in [1.165, 1.54) is 5.56 Å². The Labute approximate surface area is 160 Å². The van der Waals surface area contributed by atoms with Crippen LogP contribution in [0.3, 0.4) is 0 Å². The van der Waals surface area contributed by atoms with E-state index in [2.05, 4.69) is 29.3 Å². The molecule has 3 rings (SSSR count). The highest BCUT2D eigenvalue weighted by Gasteiger charge is 2.27. The number of carbonyl (C=O) groups excluding carboxylic acids is 1. The lowest BCUT2D eigenvalue weighted by Gasteiger charge is -2.30. The van der Waals surface area contributed by atoms with Gasteiger partial charge in [0.15, 0.2) is 12.4 Å². The molecule has 0 atom stereocenters. The molecule has 2 heterocycles. The molecule has 0 saturated carbocycles. The van der Waals surface area contributed by atoms with E-state index in [9.17, 15) is 4.79 Å². The maximum absolute atomic E-state index is 12.1. The van der Waals surface area contributed by atoms with Crippen molar-refractivity contribution >= 4 is 6.03 Å². The molecule has 7 heteroatoms. The summed E-state index contributed by atoms with van der Waals surface area (Å²) in [6, 6.07) is 7.86. The molecule has 0 bridgehead atoms. The Morgan fingerprint density at radius 3 is 2.67 bits per heavy atom. The summed E-state index contributed by atoms with van der Waals surface area (Å²) in [4.78, 5) is 18.5. The van der Waals surface area contributed by atoms with Crippen LogP contribution in [0.2, 0.25) is 0 Å². The van der Waals surface area contributed by atoms with E-state index in [1.807, 2.05) is 36.1 Å². The maximum Gasteiger partial charge on any atom is 0.317 e. The van der Waals surface area contributed by atoms with Gasteiger partial charge in [-0.3, -0.25) is 0 Å². The monoisotopic (exact) mass is 372 g/mol. The Morgan fingerprint density at radius 1 is 1.30 bits per heavy atom. The van der Waals surface area contributed by atoms with Crippen LogP contribution in [-0.2, 0) is 6.61 Å². The third-order valence-corrected chi connectivity index (χ3v) is 4.68. The van der Waals surface area contributed by atoms with Gasteiger partial charge >= 0.3 is 6.03 Å². The largest absolute Gasteiger partial charge is 0.484 e. The summed E-state index contributed by atoms with van der Waals surface area (Å²) in [5.74, 6) is 2.63. The summed E-state index contributed by atoms with van der Waals surface area (Å²) in [5.41, 5.74) is 1.19. The Bertz CT molecular complexity index is 734. The fourth-order valence-electron chi connectivity index (χ4n) is 3.02. The highest BCUT2D eigenvalue weighted by Crippen LogP contribution is 2.26. The smallest absolute Gasteiger partial charge is 0.317 e. The molecule has 0 aliphatic carbocycles. The van der Waals surface area contributed by atoms with Gasteiger partial charge in [-0.1, -0.05) is 36.7 Å². The van der Waals surface area contributed by atoms with Crippen molar-refractivity contribution in [1.82, 2.24) is 20.4 Å². The second-order valence-corrected chi connectivity index (χ2v) is 7.49. The van der Waals surface area contributed by atoms with Gasteiger partial charge in [0.2, 0.25) is 0 Å². The first-order valence-corrected chi connectivity index (χ1v) is 9.56. The number of hydrogen-bond donors (Lipinski definition) is 1. The highest BCUT2D eigenvalue weighted by atomic mass is 16.5. The predicted octanol–water partition coefficient (Wildman–Crippen LogP) is 3.50. The number of carbonyl (C=O) groups is 1. The van der Waals surface area contributed by atoms with E-state index in [-0.39, 0.29) is 18.6 Å². The third-order valence-electron chi connectivity index (χ3n) is 4.68. The Balaban J connectivity index is 1.46. The van der Waals surface area contributed by atoms with Gasteiger partial charge in [-0.15, -0.1) is 0 Å². The lowest BCUT2D eigenvalue weighted by molar-refractivity contribution is 0.178. The van der Waals surface area contributed by atoms with Crippen molar-refractivity contribution in [3.8, 4) is 5.75 Å². The first-order chi connectivity index (χ1) is 13.0. The zero-order valence-electron chi connectivity index (χ0n) is 16.3. The second-order valence-electron chi connectivity index (χ2n) is 7.49. The molecule has 2 amide bonds. The number of urea groups is 1. The van der Waals surface area contributed by atoms with Gasteiger partial charge in [0.05, 0.1) is 0 Å². The predicted molar refractivity (Wildman–Crippen MR) is 102 cm³/mol. The third kappa shape index (κ3) is 5.45. The Morgan fingerprint density at radius 2 is 2.00 bits per heavy atom. The van der Waals surface area contributed by atoms with Crippen molar-refractivity contribution in [2.24, 2.45) is 5.92 Å². The minimum atomic E-state index is 0.0162. The Hall–Kier alpha value is -2.57. The highest BCUT2D eigenvalue weighted by molar-refractivity contribution is 5.74. The van der Waals surface area contributed by atoms with Gasteiger partial charge in [0, 0.05) is 25.6 Å². The van der Waals surface area contributed by atoms with Crippen LogP contribution in [0.1, 0.15) is 49.9 Å². The van der Waals surface area contributed by atoms with E-state index in [4.69, 9.17) is 9.26 Å². The van der Waals surface area contributed by atoms with Gasteiger partial charge in [0.1, 0.15) is 5.75 Å². The molecule has 1 aliphatic heterocycles. The van der Waals surface area contributed by atoms with Crippen molar-refractivity contribution in [3.05, 3.63) is 41.5 Å². The number of nitrogens with one attached hydrogen (secondary N) is 1. The quantitative estimate of drug-likeness (QED) is 0.839. The number of benzene rings is 1. The molecule has 1 N–H and O–H groups in total. The number of ether oxygens (including phenoxy) is 1. The average molecular weight is 372 g/mol. The average Bonchev–Trinajstić information content (AvgIpc) is 3.15. The van der Waals surface area contributed by atoms with Gasteiger partial charge in [-0.25, -0.2) is 4.79 Å². The number of amides is 2. The van der Waals surface area contributed by atoms with E-state index in [0.717, 1.165) is 18.6 Å². The Kier molecular flexibility index (Phi) is 6.32. The van der Waals surface area contributed by atoms with E-state index >= 15 is 0 Å². The van der Waals surface area contributed by atoms with Crippen LogP contribution < -0.4 is 10.1 Å². The number of piperidine rings is 1. The van der Waals surface area contributed by atoms with Gasteiger partial charge in [-0.2, -0.15) is 4.98 Å². The second kappa shape index (κ2) is 8.88. The number of aromatic nitrogens is 2. The fraction of sp³-hybridized carbons (Fsp3) is 0.550. The lowest BCUT2D eigenvalue weighted by Crippen LogP contribution is -2.45. The summed E-state index contributed by atoms with van der Waals surface area (Å²) in [6.07, 6.45) is 1.68. The molecule has 1 saturated heterocycles. The molecule has 146 valence electrons. The molecular weight excluding hydrogens is 344 g/mol. The number of nitrogens with zero attached hydrogens (tertiary/aromatic N) is 3. The van der Waals surface area contributed by atoms with Crippen LogP contribution in [0.15, 0.2) is 28.8 Å². The first kappa shape index (κ1) is 19.2. The molecule has 0 unspecified atom stereocenters. The van der Waals surface area contributed by atoms with Gasteiger partial charge < -0.3 is 19.5 Å². The van der Waals surface area contributed by atoms with Crippen molar-refractivity contribution in [1.29, 1.82) is 0 Å². The number of hydrogen-bond acceptors (Lipinski definition) is 5. The molecule has 2 aromatic rings. The topological polar surface area (TPSA) is 80.5 Å². The molecule has 1 aromatic heterocycles. The van der Waals surface area contributed by atoms with Crippen LogP contribution in [0.4, 0.5) is 4.79 Å². The summed E-state index contributed by atoms with van der Waals surface area (Å²) >= 11 is 0. The first-order valence-electron chi connectivity index (χ1n) is 9.56. The minimum absolute atomic E-state index is 0.0162. The number of aryl methyl sites for hydroxylation is 1. The van der Waals surface area contributed by atoms with Crippen molar-refractivity contribution in [2.45, 2.75) is 46.1 Å². The lowest BCUT2D eigenvalue weighted by atomic mass is 9.96. The molecule has 27 heavy (non-hydrogen) atoms. The normalized spacial score (nSPS) is 15.2. The number of rotatable bonds is 6. The minimum Gasteiger partial charge on any atom is -0.484 e. The maximum atomic E-state index is 12.1. The van der Waals surface area contributed by atoms with Crippen molar-refractivity contribution < 1.29 is 14.1 Å². The van der Waals surface area contributed by atoms with E-state index in [0.29, 0.717) is 37.3 Å². The van der Waals surface area contributed by atoms with E-state index in [1.54, 1.807) is 0 Å². The fourth-order valence-corrected chi connectivity index (χ4v) is 3.02. The van der Waals surface area contributed by atoms with Crippen LogP contribution >= 0.6 is 0 Å². The summed E-state index contributed by atoms with van der Waals surface area (Å²) in [6.45, 7) is 8.58. The molecule has 1 fully saturated rings. The SMILES string of the molecule is Cc1ccc(OCc2nc(C3CCN(C(=O)NCC(C)C)CC3)no2)cc1. The number of likely N-dealkylation sites (tertiary alicyclic amines) is 1. The van der Waals surface area contributed by atoms with Gasteiger partial charge in [0.25, 0.3) is 5.89 Å². The summed E-state index contributed by atoms with van der Waals surface area (Å²) in [7, 11) is 0.